The van der Waals surface area contributed by atoms with Crippen LogP contribution in [0.15, 0.2) is 48.5 Å². The van der Waals surface area contributed by atoms with Crippen molar-refractivity contribution in [1.82, 2.24) is 15.1 Å². The Labute approximate surface area is 177 Å². The Hall–Kier alpha value is -3.28. The number of carbonyl (C=O) groups is 1. The number of carbonyl (C=O) groups excluding carboxylic acids is 1. The van der Waals surface area contributed by atoms with Gasteiger partial charge in [-0.3, -0.25) is 9.48 Å². The molecule has 1 aromatic heterocycles. The van der Waals surface area contributed by atoms with Crippen LogP contribution in [0.4, 0.5) is 0 Å². The minimum atomic E-state index is -0.168. The Kier molecular flexibility index (Phi) is 6.77. The Balaban J connectivity index is 1.70. The molecule has 0 unspecified atom stereocenters. The maximum Gasteiger partial charge on any atom is 0.251 e. The zero-order valence-electron chi connectivity index (χ0n) is 18.2. The van der Waals surface area contributed by atoms with E-state index in [1.165, 1.54) is 5.56 Å². The van der Waals surface area contributed by atoms with Crippen LogP contribution in [-0.4, -0.2) is 28.9 Å². The Morgan fingerprint density at radius 3 is 2.50 bits per heavy atom. The van der Waals surface area contributed by atoms with Crippen LogP contribution in [0.5, 0.6) is 11.5 Å². The maximum atomic E-state index is 12.7. The van der Waals surface area contributed by atoms with Gasteiger partial charge in [-0.2, -0.15) is 5.10 Å². The fourth-order valence-corrected chi connectivity index (χ4v) is 3.33. The number of amides is 1. The van der Waals surface area contributed by atoms with E-state index < -0.39 is 0 Å². The van der Waals surface area contributed by atoms with Gasteiger partial charge >= 0.3 is 0 Å². The van der Waals surface area contributed by atoms with Crippen molar-refractivity contribution < 1.29 is 14.3 Å². The number of hydrogen-bond donors (Lipinski definition) is 1. The molecule has 158 valence electrons. The highest BCUT2D eigenvalue weighted by Gasteiger charge is 2.15. The number of ether oxygens (including phenoxy) is 2. The Morgan fingerprint density at radius 2 is 1.83 bits per heavy atom. The lowest BCUT2D eigenvalue weighted by molar-refractivity contribution is 0.0950. The van der Waals surface area contributed by atoms with Gasteiger partial charge in [0.25, 0.3) is 5.91 Å². The summed E-state index contributed by atoms with van der Waals surface area (Å²) in [5.74, 6) is 0.997. The first-order chi connectivity index (χ1) is 14.4. The van der Waals surface area contributed by atoms with Gasteiger partial charge in [0.2, 0.25) is 0 Å². The molecule has 0 bridgehead atoms. The quantitative estimate of drug-likeness (QED) is 0.605. The van der Waals surface area contributed by atoms with Crippen molar-refractivity contribution in [3.63, 3.8) is 0 Å². The lowest BCUT2D eigenvalue weighted by Crippen LogP contribution is -2.23. The molecular formula is C24H29N3O3. The number of hydrogen-bond acceptors (Lipinski definition) is 4. The fraction of sp³-hybridized carbons (Fsp3) is 0.333. The van der Waals surface area contributed by atoms with E-state index >= 15 is 0 Å². The molecule has 1 amide bonds. The van der Waals surface area contributed by atoms with Gasteiger partial charge in [-0.15, -0.1) is 0 Å². The normalized spacial score (nSPS) is 10.9. The van der Waals surface area contributed by atoms with Crippen LogP contribution >= 0.6 is 0 Å². The molecule has 1 N–H and O–H groups in total. The number of methoxy groups -OCH3 is 1. The van der Waals surface area contributed by atoms with Crippen LogP contribution in [0.25, 0.3) is 0 Å². The highest BCUT2D eigenvalue weighted by molar-refractivity contribution is 5.94. The molecule has 0 spiro atoms. The van der Waals surface area contributed by atoms with Crippen molar-refractivity contribution in [3.8, 4) is 11.5 Å². The highest BCUT2D eigenvalue weighted by Crippen LogP contribution is 2.29. The first-order valence-corrected chi connectivity index (χ1v) is 10.1. The van der Waals surface area contributed by atoms with E-state index in [-0.39, 0.29) is 12.0 Å². The van der Waals surface area contributed by atoms with Crippen LogP contribution in [-0.2, 0) is 13.1 Å². The molecule has 2 aromatic carbocycles. The molecule has 6 nitrogen and oxygen atoms in total. The number of nitrogens with zero attached hydrogens (tertiary/aromatic N) is 2. The number of benzene rings is 2. The standard InChI is InChI=1S/C24H29N3O3/c1-16(2)30-22-12-11-20(13-23(22)29-5)24(28)25-14-21-17(3)26-27(18(21)4)15-19-9-7-6-8-10-19/h6-13,16H,14-15H2,1-5H3,(H,25,28). The summed E-state index contributed by atoms with van der Waals surface area (Å²) < 4.78 is 13.1. The topological polar surface area (TPSA) is 65.4 Å². The predicted octanol–water partition coefficient (Wildman–Crippen LogP) is 4.27. The molecule has 0 atom stereocenters. The summed E-state index contributed by atoms with van der Waals surface area (Å²) >= 11 is 0. The van der Waals surface area contributed by atoms with Crippen LogP contribution in [0.3, 0.4) is 0 Å². The van der Waals surface area contributed by atoms with Gasteiger partial charge in [-0.1, -0.05) is 30.3 Å². The first kappa shape index (κ1) is 21.4. The monoisotopic (exact) mass is 407 g/mol. The molecule has 1 heterocycles. The van der Waals surface area contributed by atoms with E-state index in [9.17, 15) is 4.79 Å². The molecule has 30 heavy (non-hydrogen) atoms. The molecule has 0 aliphatic rings. The van der Waals surface area contributed by atoms with E-state index in [2.05, 4.69) is 22.5 Å². The minimum absolute atomic E-state index is 0.0250. The van der Waals surface area contributed by atoms with E-state index in [0.717, 1.165) is 17.0 Å². The lowest BCUT2D eigenvalue weighted by atomic mass is 10.1. The number of rotatable bonds is 8. The smallest absolute Gasteiger partial charge is 0.251 e. The molecule has 6 heteroatoms. The van der Waals surface area contributed by atoms with Crippen LogP contribution in [0.2, 0.25) is 0 Å². The van der Waals surface area contributed by atoms with E-state index in [0.29, 0.717) is 30.2 Å². The van der Waals surface area contributed by atoms with Crippen LogP contribution < -0.4 is 14.8 Å². The zero-order chi connectivity index (χ0) is 21.7. The molecule has 0 fully saturated rings. The van der Waals surface area contributed by atoms with Crippen LogP contribution in [0.1, 0.15) is 46.7 Å². The van der Waals surface area contributed by atoms with Gasteiger partial charge in [0.15, 0.2) is 11.5 Å². The molecule has 0 saturated carbocycles. The van der Waals surface area contributed by atoms with Crippen molar-refractivity contribution in [2.45, 2.75) is 46.9 Å². The molecule has 0 aliphatic carbocycles. The van der Waals surface area contributed by atoms with E-state index in [4.69, 9.17) is 9.47 Å². The second-order valence-electron chi connectivity index (χ2n) is 7.51. The average molecular weight is 408 g/mol. The third kappa shape index (κ3) is 5.00. The van der Waals surface area contributed by atoms with Gasteiger partial charge < -0.3 is 14.8 Å². The minimum Gasteiger partial charge on any atom is -0.493 e. The SMILES string of the molecule is COc1cc(C(=O)NCc2c(C)nn(Cc3ccccc3)c2C)ccc1OC(C)C. The molecular weight excluding hydrogens is 378 g/mol. The van der Waals surface area contributed by atoms with Gasteiger partial charge in [-0.05, 0) is 51.5 Å². The Morgan fingerprint density at radius 1 is 1.10 bits per heavy atom. The van der Waals surface area contributed by atoms with Gasteiger partial charge in [0.1, 0.15) is 0 Å². The first-order valence-electron chi connectivity index (χ1n) is 10.1. The van der Waals surface area contributed by atoms with E-state index in [1.807, 2.05) is 50.6 Å². The van der Waals surface area contributed by atoms with Crippen LogP contribution in [0, 0.1) is 13.8 Å². The van der Waals surface area contributed by atoms with Crippen molar-refractivity contribution in [2.24, 2.45) is 0 Å². The summed E-state index contributed by atoms with van der Waals surface area (Å²) in [6, 6.07) is 15.4. The fourth-order valence-electron chi connectivity index (χ4n) is 3.33. The second-order valence-corrected chi connectivity index (χ2v) is 7.51. The van der Waals surface area contributed by atoms with Crippen molar-refractivity contribution in [3.05, 3.63) is 76.6 Å². The second kappa shape index (κ2) is 9.48. The summed E-state index contributed by atoms with van der Waals surface area (Å²) in [4.78, 5) is 12.7. The van der Waals surface area contributed by atoms with Gasteiger partial charge in [0.05, 0.1) is 25.5 Å². The number of aryl methyl sites for hydroxylation is 1. The van der Waals surface area contributed by atoms with Gasteiger partial charge in [0, 0.05) is 23.4 Å². The molecule has 3 rings (SSSR count). The van der Waals surface area contributed by atoms with Gasteiger partial charge in [-0.25, -0.2) is 0 Å². The predicted molar refractivity (Wildman–Crippen MR) is 117 cm³/mol. The zero-order valence-corrected chi connectivity index (χ0v) is 18.2. The molecule has 0 radical (unpaired) electrons. The summed E-state index contributed by atoms with van der Waals surface area (Å²) in [7, 11) is 1.57. The van der Waals surface area contributed by atoms with E-state index in [1.54, 1.807) is 25.3 Å². The summed E-state index contributed by atoms with van der Waals surface area (Å²) in [6.07, 6.45) is 0.0250. The third-order valence-corrected chi connectivity index (χ3v) is 4.92. The average Bonchev–Trinajstić information content (AvgIpc) is 2.99. The third-order valence-electron chi connectivity index (χ3n) is 4.92. The summed E-state index contributed by atoms with van der Waals surface area (Å²) in [5, 5.41) is 7.65. The maximum absolute atomic E-state index is 12.7. The number of nitrogens with one attached hydrogen (secondary N) is 1. The van der Waals surface area contributed by atoms with Crippen molar-refractivity contribution in [1.29, 1.82) is 0 Å². The number of aromatic nitrogens is 2. The highest BCUT2D eigenvalue weighted by atomic mass is 16.5. The summed E-state index contributed by atoms with van der Waals surface area (Å²) in [5.41, 5.74) is 4.72. The summed E-state index contributed by atoms with van der Waals surface area (Å²) in [6.45, 7) is 9.02. The van der Waals surface area contributed by atoms with Crippen molar-refractivity contribution in [2.75, 3.05) is 7.11 Å². The largest absolute Gasteiger partial charge is 0.493 e. The molecule has 0 aliphatic heterocycles. The lowest BCUT2D eigenvalue weighted by Gasteiger charge is -2.14. The molecule has 3 aromatic rings. The molecule has 0 saturated heterocycles. The van der Waals surface area contributed by atoms with Crippen molar-refractivity contribution >= 4 is 5.91 Å². The Bertz CT molecular complexity index is 1010.